The quantitative estimate of drug-likeness (QED) is 0.725. The Hall–Kier alpha value is -2.45. The van der Waals surface area contributed by atoms with Crippen LogP contribution >= 0.6 is 11.3 Å². The fourth-order valence-electron chi connectivity index (χ4n) is 2.20. The van der Waals surface area contributed by atoms with Crippen molar-refractivity contribution in [2.75, 3.05) is 10.0 Å². The number of aromatic nitrogens is 2. The van der Waals surface area contributed by atoms with Crippen LogP contribution in [0.1, 0.15) is 11.1 Å². The molecule has 3 rings (SSSR count). The fraction of sp³-hybridized carbons (Fsp3) is 0.125. The van der Waals surface area contributed by atoms with Crippen LogP contribution in [0.3, 0.4) is 0 Å². The number of hydrogen-bond acceptors (Lipinski definition) is 6. The van der Waals surface area contributed by atoms with Crippen LogP contribution < -0.4 is 10.0 Å². The van der Waals surface area contributed by atoms with Crippen LogP contribution in [0.2, 0.25) is 0 Å². The number of aryl methyl sites for hydroxylation is 2. The molecule has 2 aromatic heterocycles. The topological polar surface area (TPSA) is 84.0 Å². The summed E-state index contributed by atoms with van der Waals surface area (Å²) < 4.78 is 26.9. The molecule has 2 heterocycles. The van der Waals surface area contributed by atoms with Gasteiger partial charge in [0.05, 0.1) is 0 Å². The van der Waals surface area contributed by atoms with E-state index >= 15 is 0 Å². The third-order valence-corrected chi connectivity index (χ3v) is 6.15. The number of nitrogens with zero attached hydrogens (tertiary/aromatic N) is 2. The lowest BCUT2D eigenvalue weighted by Crippen LogP contribution is -2.13. The summed E-state index contributed by atoms with van der Waals surface area (Å²) in [6.45, 7) is 4.01. The maximum absolute atomic E-state index is 12.1. The third kappa shape index (κ3) is 3.55. The predicted molar refractivity (Wildman–Crippen MR) is 96.4 cm³/mol. The van der Waals surface area contributed by atoms with Crippen LogP contribution in [0.4, 0.5) is 17.3 Å². The predicted octanol–water partition coefficient (Wildman–Crippen LogP) is 3.70. The second-order valence-corrected chi connectivity index (χ2v) is 8.09. The van der Waals surface area contributed by atoms with Gasteiger partial charge in [-0.05, 0) is 48.6 Å². The molecule has 0 aliphatic heterocycles. The summed E-state index contributed by atoms with van der Waals surface area (Å²) in [5.74, 6) is 0.724. The molecule has 0 saturated carbocycles. The summed E-state index contributed by atoms with van der Waals surface area (Å²) in [6.07, 6.45) is 0. The van der Waals surface area contributed by atoms with Gasteiger partial charge < -0.3 is 5.32 Å². The first-order valence-corrected chi connectivity index (χ1v) is 9.55. The van der Waals surface area contributed by atoms with Gasteiger partial charge in [-0.25, -0.2) is 8.42 Å². The maximum Gasteiger partial charge on any atom is 0.272 e. The summed E-state index contributed by atoms with van der Waals surface area (Å²) in [4.78, 5) is 0. The van der Waals surface area contributed by atoms with Gasteiger partial charge in [0.15, 0.2) is 11.6 Å². The van der Waals surface area contributed by atoms with Gasteiger partial charge in [-0.3, -0.25) is 4.72 Å². The molecule has 0 fully saturated rings. The molecule has 3 aromatic rings. The highest BCUT2D eigenvalue weighted by Gasteiger charge is 2.16. The van der Waals surface area contributed by atoms with E-state index in [2.05, 4.69) is 20.2 Å². The van der Waals surface area contributed by atoms with E-state index in [1.54, 1.807) is 23.6 Å². The van der Waals surface area contributed by atoms with Gasteiger partial charge in [0, 0.05) is 5.69 Å². The minimum Gasteiger partial charge on any atom is -0.338 e. The molecule has 24 heavy (non-hydrogen) atoms. The second kappa shape index (κ2) is 6.58. The lowest BCUT2D eigenvalue weighted by molar-refractivity contribution is 0.603. The Morgan fingerprint density at radius 1 is 0.917 bits per heavy atom. The van der Waals surface area contributed by atoms with Crippen LogP contribution in [0, 0.1) is 13.8 Å². The Labute approximate surface area is 144 Å². The van der Waals surface area contributed by atoms with Crippen LogP contribution in [-0.4, -0.2) is 18.6 Å². The molecule has 0 amide bonds. The highest BCUT2D eigenvalue weighted by molar-refractivity contribution is 7.94. The molecule has 0 bridgehead atoms. The van der Waals surface area contributed by atoms with Crippen LogP contribution in [0.15, 0.2) is 52.1 Å². The van der Waals surface area contributed by atoms with E-state index in [1.807, 2.05) is 32.0 Å². The van der Waals surface area contributed by atoms with E-state index in [9.17, 15) is 8.42 Å². The van der Waals surface area contributed by atoms with Crippen molar-refractivity contribution in [1.29, 1.82) is 0 Å². The number of sulfonamides is 1. The Morgan fingerprint density at radius 3 is 2.17 bits per heavy atom. The third-order valence-electron chi connectivity index (χ3n) is 3.40. The van der Waals surface area contributed by atoms with Gasteiger partial charge in [0.2, 0.25) is 0 Å². The number of anilines is 3. The van der Waals surface area contributed by atoms with Crippen molar-refractivity contribution >= 4 is 38.7 Å². The summed E-state index contributed by atoms with van der Waals surface area (Å²) in [5, 5.41) is 12.9. The normalized spacial score (nSPS) is 11.2. The van der Waals surface area contributed by atoms with Gasteiger partial charge >= 0.3 is 0 Å². The lowest BCUT2D eigenvalue weighted by Gasteiger charge is -2.11. The monoisotopic (exact) mass is 360 g/mol. The van der Waals surface area contributed by atoms with Crippen molar-refractivity contribution in [3.8, 4) is 0 Å². The van der Waals surface area contributed by atoms with Crippen molar-refractivity contribution in [2.45, 2.75) is 18.1 Å². The van der Waals surface area contributed by atoms with E-state index in [4.69, 9.17) is 0 Å². The number of hydrogen-bond donors (Lipinski definition) is 2. The van der Waals surface area contributed by atoms with E-state index in [0.717, 1.165) is 28.2 Å². The van der Waals surface area contributed by atoms with Crippen molar-refractivity contribution in [3.63, 3.8) is 0 Å². The second-order valence-electron chi connectivity index (χ2n) is 5.23. The van der Waals surface area contributed by atoms with Crippen molar-refractivity contribution < 1.29 is 8.42 Å². The fourth-order valence-corrected chi connectivity index (χ4v) is 4.19. The van der Waals surface area contributed by atoms with E-state index in [1.165, 1.54) is 6.07 Å². The molecule has 0 radical (unpaired) electrons. The number of thiophene rings is 1. The highest BCUT2D eigenvalue weighted by atomic mass is 32.2. The minimum atomic E-state index is -3.61. The first-order valence-electron chi connectivity index (χ1n) is 7.19. The number of rotatable bonds is 5. The van der Waals surface area contributed by atoms with Gasteiger partial charge in [-0.15, -0.1) is 21.5 Å². The summed E-state index contributed by atoms with van der Waals surface area (Å²) in [5.41, 5.74) is 3.16. The van der Waals surface area contributed by atoms with Crippen molar-refractivity contribution in [1.82, 2.24) is 10.2 Å². The van der Waals surface area contributed by atoms with E-state index in [-0.39, 0.29) is 10.0 Å². The standard InChI is InChI=1S/C16H16N4O2S2/c1-11-5-3-6-12(2)16(11)17-13-8-9-14(19-18-13)20-24(21,22)15-7-4-10-23-15/h3-10H,1-2H3,(H,17,18)(H,19,20). The molecule has 0 unspecified atom stereocenters. The Kier molecular flexibility index (Phi) is 4.50. The zero-order chi connectivity index (χ0) is 17.2. The van der Waals surface area contributed by atoms with Crippen LogP contribution in [0.25, 0.3) is 0 Å². The molecular formula is C16H16N4O2S2. The van der Waals surface area contributed by atoms with Gasteiger partial charge in [0.25, 0.3) is 10.0 Å². The molecular weight excluding hydrogens is 344 g/mol. The van der Waals surface area contributed by atoms with Crippen molar-refractivity contribution in [3.05, 3.63) is 59.0 Å². The SMILES string of the molecule is Cc1cccc(C)c1Nc1ccc(NS(=O)(=O)c2cccs2)nn1. The lowest BCUT2D eigenvalue weighted by atomic mass is 10.1. The highest BCUT2D eigenvalue weighted by Crippen LogP contribution is 2.24. The molecule has 2 N–H and O–H groups in total. The van der Waals surface area contributed by atoms with Crippen LogP contribution in [0.5, 0.6) is 0 Å². The summed E-state index contributed by atoms with van der Waals surface area (Å²) in [6, 6.07) is 12.5. The molecule has 0 aliphatic rings. The molecule has 0 spiro atoms. The first kappa shape index (κ1) is 16.4. The van der Waals surface area contributed by atoms with E-state index < -0.39 is 10.0 Å². The molecule has 1 aromatic carbocycles. The Bertz CT molecular complexity index is 916. The molecule has 0 atom stereocenters. The smallest absolute Gasteiger partial charge is 0.272 e. The summed E-state index contributed by atoms with van der Waals surface area (Å²) >= 11 is 1.15. The molecule has 0 aliphatic carbocycles. The number of nitrogens with one attached hydrogen (secondary N) is 2. The molecule has 8 heteroatoms. The Balaban J connectivity index is 1.77. The molecule has 6 nitrogen and oxygen atoms in total. The molecule has 0 saturated heterocycles. The average Bonchev–Trinajstić information content (AvgIpc) is 3.08. The maximum atomic E-state index is 12.1. The van der Waals surface area contributed by atoms with Crippen molar-refractivity contribution in [2.24, 2.45) is 0 Å². The first-order chi connectivity index (χ1) is 11.5. The van der Waals surface area contributed by atoms with Gasteiger partial charge in [0.1, 0.15) is 4.21 Å². The zero-order valence-electron chi connectivity index (χ0n) is 13.1. The minimum absolute atomic E-state index is 0.176. The van der Waals surface area contributed by atoms with Gasteiger partial charge in [-0.2, -0.15) is 0 Å². The average molecular weight is 360 g/mol. The largest absolute Gasteiger partial charge is 0.338 e. The summed E-state index contributed by atoms with van der Waals surface area (Å²) in [7, 11) is -3.61. The van der Waals surface area contributed by atoms with Gasteiger partial charge in [-0.1, -0.05) is 24.3 Å². The zero-order valence-corrected chi connectivity index (χ0v) is 14.8. The van der Waals surface area contributed by atoms with Crippen LogP contribution in [-0.2, 0) is 10.0 Å². The number of para-hydroxylation sites is 1. The Morgan fingerprint density at radius 2 is 1.58 bits per heavy atom. The number of benzene rings is 1. The van der Waals surface area contributed by atoms with E-state index in [0.29, 0.717) is 5.82 Å². The molecule has 124 valence electrons.